The monoisotopic (exact) mass is 289 g/mol. The van der Waals surface area contributed by atoms with E-state index in [-0.39, 0.29) is 5.75 Å². The van der Waals surface area contributed by atoms with Crippen LogP contribution in [0.5, 0.6) is 23.0 Å². The molecular weight excluding hydrogens is 270 g/mol. The van der Waals surface area contributed by atoms with Crippen LogP contribution in [0, 0.1) is 0 Å². The molecule has 0 aliphatic heterocycles. The molecule has 0 aliphatic rings. The molecule has 112 valence electrons. The summed E-state index contributed by atoms with van der Waals surface area (Å²) < 4.78 is 16.5. The molecular formula is C16H19NO4. The summed E-state index contributed by atoms with van der Waals surface area (Å²) in [4.78, 5) is 0. The van der Waals surface area contributed by atoms with Gasteiger partial charge in [0, 0.05) is 6.54 Å². The topological polar surface area (TPSA) is 73.9 Å². The van der Waals surface area contributed by atoms with Crippen LogP contribution in [0.25, 0.3) is 0 Å². The maximum absolute atomic E-state index is 9.46. The Kier molecular flexibility index (Phi) is 4.90. The zero-order valence-electron chi connectivity index (χ0n) is 12.1. The van der Waals surface area contributed by atoms with Crippen molar-refractivity contribution in [2.24, 2.45) is 5.73 Å². The largest absolute Gasteiger partial charge is 0.508 e. The molecule has 5 heteroatoms. The van der Waals surface area contributed by atoms with E-state index in [2.05, 4.69) is 0 Å². The van der Waals surface area contributed by atoms with E-state index in [0.29, 0.717) is 30.4 Å². The summed E-state index contributed by atoms with van der Waals surface area (Å²) in [6.07, 6.45) is 0. The van der Waals surface area contributed by atoms with Crippen LogP contribution in [0.15, 0.2) is 36.4 Å². The van der Waals surface area contributed by atoms with Gasteiger partial charge in [0.1, 0.15) is 12.4 Å². The summed E-state index contributed by atoms with van der Waals surface area (Å²) in [6.45, 7) is 0.683. The number of aromatic hydroxyl groups is 1. The predicted molar refractivity (Wildman–Crippen MR) is 79.9 cm³/mol. The van der Waals surface area contributed by atoms with E-state index >= 15 is 0 Å². The van der Waals surface area contributed by atoms with Crippen molar-refractivity contribution in [2.45, 2.75) is 13.2 Å². The molecule has 0 aromatic heterocycles. The Balaban J connectivity index is 2.26. The summed E-state index contributed by atoms with van der Waals surface area (Å²) in [5.41, 5.74) is 7.39. The van der Waals surface area contributed by atoms with E-state index < -0.39 is 0 Å². The van der Waals surface area contributed by atoms with Crippen LogP contribution in [0.4, 0.5) is 0 Å². The van der Waals surface area contributed by atoms with Crippen LogP contribution in [0.2, 0.25) is 0 Å². The molecule has 5 nitrogen and oxygen atoms in total. The second-order valence-corrected chi connectivity index (χ2v) is 4.49. The molecule has 0 atom stereocenters. The highest BCUT2D eigenvalue weighted by molar-refractivity contribution is 5.54. The molecule has 21 heavy (non-hydrogen) atoms. The van der Waals surface area contributed by atoms with Crippen LogP contribution in [0.3, 0.4) is 0 Å². The van der Waals surface area contributed by atoms with Gasteiger partial charge in [0.2, 0.25) is 5.75 Å². The molecule has 0 bridgehead atoms. The zero-order valence-corrected chi connectivity index (χ0v) is 12.1. The predicted octanol–water partition coefficient (Wildman–Crippen LogP) is 2.45. The van der Waals surface area contributed by atoms with E-state index in [1.807, 2.05) is 18.2 Å². The Morgan fingerprint density at radius 2 is 1.67 bits per heavy atom. The van der Waals surface area contributed by atoms with Crippen molar-refractivity contribution >= 4 is 0 Å². The minimum absolute atomic E-state index is 0.202. The van der Waals surface area contributed by atoms with Crippen molar-refractivity contribution in [1.82, 2.24) is 0 Å². The van der Waals surface area contributed by atoms with Crippen LogP contribution in [-0.2, 0) is 13.2 Å². The summed E-state index contributed by atoms with van der Waals surface area (Å²) in [7, 11) is 3.13. The van der Waals surface area contributed by atoms with E-state index in [1.165, 1.54) is 0 Å². The fourth-order valence-electron chi connectivity index (χ4n) is 2.00. The lowest BCUT2D eigenvalue weighted by Gasteiger charge is -2.16. The fraction of sp³-hybridized carbons (Fsp3) is 0.250. The standard InChI is InChI=1S/C16H19NO4/c1-19-14-7-12(9-17)8-15(20-2)16(14)21-10-11-4-3-5-13(18)6-11/h3-8,18H,9-10,17H2,1-2H3. The van der Waals surface area contributed by atoms with E-state index in [0.717, 1.165) is 11.1 Å². The molecule has 2 aromatic carbocycles. The van der Waals surface area contributed by atoms with Crippen LogP contribution < -0.4 is 19.9 Å². The maximum Gasteiger partial charge on any atom is 0.203 e. The lowest BCUT2D eigenvalue weighted by atomic mass is 10.2. The van der Waals surface area contributed by atoms with Gasteiger partial charge in [0.05, 0.1) is 14.2 Å². The number of phenols is 1. The van der Waals surface area contributed by atoms with Gasteiger partial charge in [0.25, 0.3) is 0 Å². The van der Waals surface area contributed by atoms with Crippen molar-refractivity contribution in [3.63, 3.8) is 0 Å². The van der Waals surface area contributed by atoms with Gasteiger partial charge in [-0.3, -0.25) is 0 Å². The summed E-state index contributed by atoms with van der Waals surface area (Å²) in [6, 6.07) is 10.5. The van der Waals surface area contributed by atoms with Crippen molar-refractivity contribution in [2.75, 3.05) is 14.2 Å². The molecule has 0 aliphatic carbocycles. The van der Waals surface area contributed by atoms with E-state index in [4.69, 9.17) is 19.9 Å². The molecule has 3 N–H and O–H groups in total. The third-order valence-corrected chi connectivity index (χ3v) is 3.05. The Labute approximate surface area is 123 Å². The van der Waals surface area contributed by atoms with Gasteiger partial charge in [-0.25, -0.2) is 0 Å². The summed E-state index contributed by atoms with van der Waals surface area (Å²) >= 11 is 0. The van der Waals surface area contributed by atoms with Crippen molar-refractivity contribution in [1.29, 1.82) is 0 Å². The van der Waals surface area contributed by atoms with Crippen molar-refractivity contribution in [3.8, 4) is 23.0 Å². The minimum Gasteiger partial charge on any atom is -0.508 e. The van der Waals surface area contributed by atoms with Crippen molar-refractivity contribution < 1.29 is 19.3 Å². The highest BCUT2D eigenvalue weighted by Gasteiger charge is 2.14. The van der Waals surface area contributed by atoms with Gasteiger partial charge in [-0.1, -0.05) is 12.1 Å². The number of hydrogen-bond acceptors (Lipinski definition) is 5. The number of methoxy groups -OCH3 is 2. The molecule has 0 fully saturated rings. The fourth-order valence-corrected chi connectivity index (χ4v) is 2.00. The quantitative estimate of drug-likeness (QED) is 0.854. The normalized spacial score (nSPS) is 10.2. The number of hydrogen-bond donors (Lipinski definition) is 2. The molecule has 2 aromatic rings. The highest BCUT2D eigenvalue weighted by Crippen LogP contribution is 2.39. The molecule has 0 unspecified atom stereocenters. The molecule has 0 amide bonds. The minimum atomic E-state index is 0.202. The number of nitrogens with two attached hydrogens (primary N) is 1. The second kappa shape index (κ2) is 6.85. The Morgan fingerprint density at radius 3 is 2.19 bits per heavy atom. The summed E-state index contributed by atoms with van der Waals surface area (Å²) in [5, 5.41) is 9.46. The number of ether oxygens (including phenoxy) is 3. The molecule has 0 saturated heterocycles. The molecule has 0 saturated carbocycles. The Morgan fingerprint density at radius 1 is 1.00 bits per heavy atom. The smallest absolute Gasteiger partial charge is 0.203 e. The first kappa shape index (κ1) is 15.0. The second-order valence-electron chi connectivity index (χ2n) is 4.49. The zero-order chi connectivity index (χ0) is 15.2. The lowest BCUT2D eigenvalue weighted by Crippen LogP contribution is -2.03. The van der Waals surface area contributed by atoms with E-state index in [9.17, 15) is 5.11 Å². The Hall–Kier alpha value is -2.40. The van der Waals surface area contributed by atoms with Gasteiger partial charge in [-0.2, -0.15) is 0 Å². The van der Waals surface area contributed by atoms with Crippen LogP contribution in [0.1, 0.15) is 11.1 Å². The number of phenolic OH excluding ortho intramolecular Hbond substituents is 1. The first-order chi connectivity index (χ1) is 10.2. The number of rotatable bonds is 6. The average Bonchev–Trinajstić information content (AvgIpc) is 2.52. The maximum atomic E-state index is 9.46. The van der Waals surface area contributed by atoms with Crippen LogP contribution in [-0.4, -0.2) is 19.3 Å². The van der Waals surface area contributed by atoms with E-state index in [1.54, 1.807) is 32.4 Å². The van der Waals surface area contributed by atoms with Gasteiger partial charge in [0.15, 0.2) is 11.5 Å². The van der Waals surface area contributed by atoms with Gasteiger partial charge < -0.3 is 25.1 Å². The lowest BCUT2D eigenvalue weighted by molar-refractivity contribution is 0.265. The highest BCUT2D eigenvalue weighted by atomic mass is 16.5. The molecule has 0 heterocycles. The SMILES string of the molecule is COc1cc(CN)cc(OC)c1OCc1cccc(O)c1. The van der Waals surface area contributed by atoms with Gasteiger partial charge >= 0.3 is 0 Å². The molecule has 0 spiro atoms. The van der Waals surface area contributed by atoms with Gasteiger partial charge in [-0.15, -0.1) is 0 Å². The first-order valence-electron chi connectivity index (χ1n) is 6.53. The van der Waals surface area contributed by atoms with Gasteiger partial charge in [-0.05, 0) is 35.4 Å². The number of benzene rings is 2. The van der Waals surface area contributed by atoms with Crippen molar-refractivity contribution in [3.05, 3.63) is 47.5 Å². The molecule has 2 rings (SSSR count). The first-order valence-corrected chi connectivity index (χ1v) is 6.53. The third-order valence-electron chi connectivity index (χ3n) is 3.05. The molecule has 0 radical (unpaired) electrons. The Bertz CT molecular complexity index is 588. The average molecular weight is 289 g/mol. The van der Waals surface area contributed by atoms with Crippen LogP contribution >= 0.6 is 0 Å². The third kappa shape index (κ3) is 3.58. The summed E-state index contributed by atoms with van der Waals surface area (Å²) in [5.74, 6) is 1.85.